The van der Waals surface area contributed by atoms with Crippen molar-refractivity contribution < 1.29 is 9.18 Å². The van der Waals surface area contributed by atoms with E-state index >= 15 is 0 Å². The van der Waals surface area contributed by atoms with Crippen molar-refractivity contribution in [3.05, 3.63) is 59.8 Å². The van der Waals surface area contributed by atoms with Crippen molar-refractivity contribution in [1.82, 2.24) is 9.97 Å². The Hall–Kier alpha value is -2.69. The number of anilines is 1. The van der Waals surface area contributed by atoms with Crippen LogP contribution in [-0.4, -0.2) is 15.8 Å². The summed E-state index contributed by atoms with van der Waals surface area (Å²) in [5, 5.41) is 0.719. The van der Waals surface area contributed by atoms with Crippen LogP contribution in [0.2, 0.25) is 0 Å². The molecule has 0 aliphatic rings. The second-order valence-electron chi connectivity index (χ2n) is 4.18. The van der Waals surface area contributed by atoms with Crippen LogP contribution in [0.5, 0.6) is 0 Å². The Morgan fingerprint density at radius 1 is 1.26 bits per heavy atom. The van der Waals surface area contributed by atoms with Gasteiger partial charge in [-0.1, -0.05) is 0 Å². The van der Waals surface area contributed by atoms with Crippen LogP contribution in [0, 0.1) is 5.82 Å². The summed E-state index contributed by atoms with van der Waals surface area (Å²) in [7, 11) is 0. The molecule has 0 aliphatic heterocycles. The van der Waals surface area contributed by atoms with Crippen molar-refractivity contribution in [2.75, 3.05) is 5.73 Å². The maximum absolute atomic E-state index is 13.0. The molecule has 0 saturated carbocycles. The Morgan fingerprint density at radius 2 is 2.11 bits per heavy atom. The average molecular weight is 255 g/mol. The van der Waals surface area contributed by atoms with Gasteiger partial charge in [0.2, 0.25) is 0 Å². The van der Waals surface area contributed by atoms with Crippen LogP contribution in [0.15, 0.2) is 42.9 Å². The molecule has 4 nitrogen and oxygen atoms in total. The van der Waals surface area contributed by atoms with E-state index in [1.54, 1.807) is 24.7 Å². The number of rotatable bonds is 2. The van der Waals surface area contributed by atoms with E-state index in [9.17, 15) is 9.18 Å². The van der Waals surface area contributed by atoms with E-state index in [4.69, 9.17) is 5.73 Å². The van der Waals surface area contributed by atoms with E-state index in [0.717, 1.165) is 17.0 Å². The standard InChI is InChI=1S/C14H10FN3O/c15-8-1-2-9(12(16)5-8)14(19)11-7-18-13-3-4-17-6-10(11)13/h1-7,18H,16H2. The van der Waals surface area contributed by atoms with Crippen molar-refractivity contribution in [2.24, 2.45) is 0 Å². The quantitative estimate of drug-likeness (QED) is 0.546. The lowest BCUT2D eigenvalue weighted by atomic mass is 10.0. The van der Waals surface area contributed by atoms with Gasteiger partial charge in [0, 0.05) is 46.3 Å². The number of hydrogen-bond acceptors (Lipinski definition) is 3. The van der Waals surface area contributed by atoms with Gasteiger partial charge in [0.1, 0.15) is 5.82 Å². The molecule has 3 rings (SSSR count). The van der Waals surface area contributed by atoms with E-state index in [0.29, 0.717) is 5.56 Å². The van der Waals surface area contributed by atoms with Crippen molar-refractivity contribution in [1.29, 1.82) is 0 Å². The summed E-state index contributed by atoms with van der Waals surface area (Å²) in [4.78, 5) is 19.4. The first-order chi connectivity index (χ1) is 9.16. The zero-order valence-corrected chi connectivity index (χ0v) is 9.85. The molecule has 0 amide bonds. The SMILES string of the molecule is Nc1cc(F)ccc1C(=O)c1c[nH]c2ccncc12. The molecule has 0 unspecified atom stereocenters. The maximum atomic E-state index is 13.0. The lowest BCUT2D eigenvalue weighted by molar-refractivity contribution is 0.104. The van der Waals surface area contributed by atoms with E-state index in [-0.39, 0.29) is 17.0 Å². The Morgan fingerprint density at radius 3 is 2.89 bits per heavy atom. The molecule has 2 aromatic heterocycles. The summed E-state index contributed by atoms with van der Waals surface area (Å²) in [6.07, 6.45) is 4.86. The van der Waals surface area contributed by atoms with E-state index in [2.05, 4.69) is 9.97 Å². The first-order valence-electron chi connectivity index (χ1n) is 5.67. The van der Waals surface area contributed by atoms with Gasteiger partial charge in [-0.25, -0.2) is 4.39 Å². The van der Waals surface area contributed by atoms with Crippen molar-refractivity contribution in [2.45, 2.75) is 0 Å². The Bertz CT molecular complexity index is 779. The first-order valence-corrected chi connectivity index (χ1v) is 5.67. The molecule has 0 fully saturated rings. The van der Waals surface area contributed by atoms with Crippen molar-refractivity contribution in [3.8, 4) is 0 Å². The van der Waals surface area contributed by atoms with E-state index in [1.165, 1.54) is 12.1 Å². The molecular weight excluding hydrogens is 245 g/mol. The van der Waals surface area contributed by atoms with Gasteiger partial charge in [0.25, 0.3) is 0 Å². The number of halogens is 1. The van der Waals surface area contributed by atoms with Crippen molar-refractivity contribution in [3.63, 3.8) is 0 Å². The number of H-pyrrole nitrogens is 1. The highest BCUT2D eigenvalue weighted by Crippen LogP contribution is 2.23. The summed E-state index contributed by atoms with van der Waals surface area (Å²) in [5.74, 6) is -0.716. The number of aromatic nitrogens is 2. The summed E-state index contributed by atoms with van der Waals surface area (Å²) in [6, 6.07) is 5.53. The topological polar surface area (TPSA) is 71.8 Å². The number of benzene rings is 1. The van der Waals surface area contributed by atoms with Gasteiger partial charge in [0.05, 0.1) is 0 Å². The fourth-order valence-electron chi connectivity index (χ4n) is 2.04. The summed E-state index contributed by atoms with van der Waals surface area (Å²) < 4.78 is 13.0. The minimum atomic E-state index is -0.463. The number of ketones is 1. The fraction of sp³-hybridized carbons (Fsp3) is 0. The highest BCUT2D eigenvalue weighted by atomic mass is 19.1. The van der Waals surface area contributed by atoms with E-state index in [1.807, 2.05) is 0 Å². The van der Waals surface area contributed by atoms with Crippen molar-refractivity contribution >= 4 is 22.4 Å². The summed E-state index contributed by atoms with van der Waals surface area (Å²) in [6.45, 7) is 0. The maximum Gasteiger partial charge on any atom is 0.197 e. The molecule has 3 N–H and O–H groups in total. The Labute approximate surface area is 108 Å². The minimum Gasteiger partial charge on any atom is -0.398 e. The molecule has 0 saturated heterocycles. The van der Waals surface area contributed by atoms with Crippen LogP contribution in [-0.2, 0) is 0 Å². The molecule has 0 atom stereocenters. The van der Waals surface area contributed by atoms with Gasteiger partial charge < -0.3 is 10.7 Å². The van der Waals surface area contributed by atoms with Crippen LogP contribution >= 0.6 is 0 Å². The fourth-order valence-corrected chi connectivity index (χ4v) is 2.04. The lowest BCUT2D eigenvalue weighted by Gasteiger charge is -2.03. The number of nitrogens with zero attached hydrogens (tertiary/aromatic N) is 1. The highest BCUT2D eigenvalue weighted by molar-refractivity contribution is 6.18. The number of nitrogen functional groups attached to an aromatic ring is 1. The van der Waals surface area contributed by atoms with Gasteiger partial charge in [-0.05, 0) is 24.3 Å². The summed E-state index contributed by atoms with van der Waals surface area (Å²) in [5.41, 5.74) is 7.39. The van der Waals surface area contributed by atoms with Crippen LogP contribution in [0.4, 0.5) is 10.1 Å². The number of carbonyl (C=O) groups is 1. The highest BCUT2D eigenvalue weighted by Gasteiger charge is 2.16. The number of fused-ring (bicyclic) bond motifs is 1. The molecule has 19 heavy (non-hydrogen) atoms. The molecule has 5 heteroatoms. The zero-order valence-electron chi connectivity index (χ0n) is 9.85. The van der Waals surface area contributed by atoms with Gasteiger partial charge in [-0.3, -0.25) is 9.78 Å². The Kier molecular flexibility index (Phi) is 2.52. The molecular formula is C14H10FN3O. The number of carbonyl (C=O) groups excluding carboxylic acids is 1. The van der Waals surface area contributed by atoms with Gasteiger partial charge in [-0.15, -0.1) is 0 Å². The van der Waals surface area contributed by atoms with Crippen LogP contribution in [0.25, 0.3) is 10.9 Å². The molecule has 3 aromatic rings. The van der Waals surface area contributed by atoms with Gasteiger partial charge in [0.15, 0.2) is 5.78 Å². The first kappa shape index (κ1) is 11.4. The largest absolute Gasteiger partial charge is 0.398 e. The number of aromatic amines is 1. The normalized spacial score (nSPS) is 10.8. The number of nitrogens with two attached hydrogens (primary N) is 1. The molecule has 0 radical (unpaired) electrons. The lowest BCUT2D eigenvalue weighted by Crippen LogP contribution is -2.05. The van der Waals surface area contributed by atoms with Crippen LogP contribution in [0.1, 0.15) is 15.9 Å². The second kappa shape index (κ2) is 4.20. The Balaban J connectivity index is 2.13. The predicted octanol–water partition coefficient (Wildman–Crippen LogP) is 2.52. The van der Waals surface area contributed by atoms with E-state index < -0.39 is 5.82 Å². The third kappa shape index (κ3) is 1.85. The smallest absolute Gasteiger partial charge is 0.197 e. The third-order valence-electron chi connectivity index (χ3n) is 2.99. The second-order valence-corrected chi connectivity index (χ2v) is 4.18. The monoisotopic (exact) mass is 255 g/mol. The molecule has 0 bridgehead atoms. The number of hydrogen-bond donors (Lipinski definition) is 2. The summed E-state index contributed by atoms with van der Waals surface area (Å²) >= 11 is 0. The van der Waals surface area contributed by atoms with Gasteiger partial charge >= 0.3 is 0 Å². The number of nitrogens with one attached hydrogen (secondary N) is 1. The molecule has 94 valence electrons. The van der Waals surface area contributed by atoms with Crippen LogP contribution < -0.4 is 5.73 Å². The van der Waals surface area contributed by atoms with Gasteiger partial charge in [-0.2, -0.15) is 0 Å². The average Bonchev–Trinajstić information content (AvgIpc) is 2.82. The zero-order chi connectivity index (χ0) is 13.4. The third-order valence-corrected chi connectivity index (χ3v) is 2.99. The minimum absolute atomic E-state index is 0.128. The molecule has 1 aromatic carbocycles. The predicted molar refractivity (Wildman–Crippen MR) is 70.3 cm³/mol. The van der Waals surface area contributed by atoms with Crippen LogP contribution in [0.3, 0.4) is 0 Å². The molecule has 0 aliphatic carbocycles. The molecule has 2 heterocycles. The number of pyridine rings is 1. The molecule has 0 spiro atoms.